The van der Waals surface area contributed by atoms with Crippen molar-refractivity contribution in [2.75, 3.05) is 0 Å². The van der Waals surface area contributed by atoms with Crippen molar-refractivity contribution in [3.05, 3.63) is 42.0 Å². The molecule has 1 fully saturated rings. The largest absolute Gasteiger partial charge is 0.349 e. The molecular weight excluding hydrogens is 376 g/mol. The first-order valence-corrected chi connectivity index (χ1v) is 11.0. The lowest BCUT2D eigenvalue weighted by Crippen LogP contribution is -2.37. The Bertz CT molecular complexity index is 926. The lowest BCUT2D eigenvalue weighted by molar-refractivity contribution is -0.126. The number of nitrogens with zero attached hydrogens (tertiary/aromatic N) is 3. The second kappa shape index (κ2) is 8.62. The summed E-state index contributed by atoms with van der Waals surface area (Å²) in [7, 11) is 0. The van der Waals surface area contributed by atoms with Gasteiger partial charge in [-0.15, -0.1) is 0 Å². The van der Waals surface area contributed by atoms with E-state index in [2.05, 4.69) is 29.1 Å². The molecule has 30 heavy (non-hydrogen) atoms. The summed E-state index contributed by atoms with van der Waals surface area (Å²) in [5.74, 6) is 1.09. The van der Waals surface area contributed by atoms with Gasteiger partial charge in [-0.3, -0.25) is 14.6 Å². The van der Waals surface area contributed by atoms with E-state index in [0.717, 1.165) is 48.9 Å². The first-order valence-electron chi connectivity index (χ1n) is 11.0. The summed E-state index contributed by atoms with van der Waals surface area (Å²) in [5.41, 5.74) is 2.98. The van der Waals surface area contributed by atoms with Crippen molar-refractivity contribution in [2.45, 2.75) is 71.3 Å². The minimum absolute atomic E-state index is 0.0141. The lowest BCUT2D eigenvalue weighted by atomic mass is 9.74. The molecule has 0 saturated heterocycles. The second-order valence-corrected chi connectivity index (χ2v) is 9.44. The fourth-order valence-electron chi connectivity index (χ4n) is 4.75. The van der Waals surface area contributed by atoms with Gasteiger partial charge in [-0.05, 0) is 49.7 Å². The van der Waals surface area contributed by atoms with Gasteiger partial charge >= 0.3 is 0 Å². The highest BCUT2D eigenvalue weighted by Crippen LogP contribution is 2.40. The van der Waals surface area contributed by atoms with Crippen molar-refractivity contribution in [3.63, 3.8) is 0 Å². The molecule has 2 atom stereocenters. The van der Waals surface area contributed by atoms with E-state index in [9.17, 15) is 9.59 Å². The molecule has 2 aliphatic carbocycles. The average molecular weight is 407 g/mol. The number of fused-ring (bicyclic) bond motifs is 1. The summed E-state index contributed by atoms with van der Waals surface area (Å²) >= 11 is 0. The van der Waals surface area contributed by atoms with Gasteiger partial charge in [0.1, 0.15) is 5.78 Å². The Labute approximate surface area is 177 Å². The molecule has 0 bridgehead atoms. The summed E-state index contributed by atoms with van der Waals surface area (Å²) < 4.78 is 0. The monoisotopic (exact) mass is 406 g/mol. The molecule has 2 aliphatic rings. The maximum Gasteiger partial charge on any atom is 0.220 e. The van der Waals surface area contributed by atoms with Crippen LogP contribution in [-0.4, -0.2) is 26.6 Å². The zero-order valence-corrected chi connectivity index (χ0v) is 17.9. The second-order valence-electron chi connectivity index (χ2n) is 9.44. The lowest BCUT2D eigenvalue weighted by Gasteiger charge is -2.36. The highest BCUT2D eigenvalue weighted by molar-refractivity contribution is 5.83. The highest BCUT2D eigenvalue weighted by Gasteiger charge is 2.34. The number of hydrogen-bond donors (Lipinski definition) is 1. The highest BCUT2D eigenvalue weighted by atomic mass is 16.1. The topological polar surface area (TPSA) is 84.8 Å². The summed E-state index contributed by atoms with van der Waals surface area (Å²) in [5, 5.41) is 3.20. The van der Waals surface area contributed by atoms with Crippen LogP contribution in [0.3, 0.4) is 0 Å². The molecule has 2 aromatic heterocycles. The molecule has 1 amide bonds. The van der Waals surface area contributed by atoms with Crippen LogP contribution < -0.4 is 5.32 Å². The zero-order chi connectivity index (χ0) is 21.1. The SMILES string of the molecule is CC1(C)Cc2nc(-c3ccncc3)ncc2C(NC(=O)CCC2CCCCC2=O)C1. The van der Waals surface area contributed by atoms with Gasteiger partial charge in [0.15, 0.2) is 5.82 Å². The van der Waals surface area contributed by atoms with Gasteiger partial charge in [0.05, 0.1) is 11.7 Å². The Balaban J connectivity index is 1.47. The predicted molar refractivity (Wildman–Crippen MR) is 114 cm³/mol. The van der Waals surface area contributed by atoms with Crippen molar-refractivity contribution < 1.29 is 9.59 Å². The molecule has 4 rings (SSSR count). The maximum absolute atomic E-state index is 12.7. The fraction of sp³-hybridized carbons (Fsp3) is 0.542. The molecule has 0 spiro atoms. The quantitative estimate of drug-likeness (QED) is 0.804. The Morgan fingerprint density at radius 1 is 1.23 bits per heavy atom. The van der Waals surface area contributed by atoms with Gasteiger partial charge in [-0.25, -0.2) is 9.97 Å². The zero-order valence-electron chi connectivity index (χ0n) is 17.9. The van der Waals surface area contributed by atoms with E-state index in [1.807, 2.05) is 18.3 Å². The Morgan fingerprint density at radius 2 is 2.03 bits per heavy atom. The molecule has 2 aromatic rings. The van der Waals surface area contributed by atoms with Gasteiger partial charge in [0.2, 0.25) is 5.91 Å². The van der Waals surface area contributed by atoms with E-state index in [0.29, 0.717) is 30.9 Å². The van der Waals surface area contributed by atoms with Crippen LogP contribution in [0.2, 0.25) is 0 Å². The summed E-state index contributed by atoms with van der Waals surface area (Å²) in [6.07, 6.45) is 11.8. The number of rotatable bonds is 5. The van der Waals surface area contributed by atoms with E-state index in [1.165, 1.54) is 0 Å². The summed E-state index contributed by atoms with van der Waals surface area (Å²) in [4.78, 5) is 38.2. The fourth-order valence-corrected chi connectivity index (χ4v) is 4.75. The molecule has 2 unspecified atom stereocenters. The minimum atomic E-state index is -0.0928. The molecule has 1 saturated carbocycles. The molecule has 6 nitrogen and oxygen atoms in total. The van der Waals surface area contributed by atoms with Crippen LogP contribution in [0.15, 0.2) is 30.7 Å². The molecule has 0 aromatic carbocycles. The van der Waals surface area contributed by atoms with Crippen LogP contribution in [0, 0.1) is 11.3 Å². The number of pyridine rings is 1. The molecule has 158 valence electrons. The van der Waals surface area contributed by atoms with Crippen LogP contribution in [0.1, 0.15) is 76.1 Å². The molecule has 2 heterocycles. The number of Topliss-reactive ketones (excluding diaryl/α,β-unsaturated/α-hetero) is 1. The normalized spacial score (nSPS) is 22.9. The van der Waals surface area contributed by atoms with E-state index in [1.54, 1.807) is 12.4 Å². The minimum Gasteiger partial charge on any atom is -0.349 e. The van der Waals surface area contributed by atoms with Crippen LogP contribution >= 0.6 is 0 Å². The van der Waals surface area contributed by atoms with Crippen molar-refractivity contribution in [3.8, 4) is 11.4 Å². The number of nitrogens with one attached hydrogen (secondary N) is 1. The molecular formula is C24H30N4O2. The van der Waals surface area contributed by atoms with Crippen molar-refractivity contribution in [1.82, 2.24) is 20.3 Å². The number of aromatic nitrogens is 3. The number of hydrogen-bond acceptors (Lipinski definition) is 5. The average Bonchev–Trinajstić information content (AvgIpc) is 2.72. The Morgan fingerprint density at radius 3 is 2.80 bits per heavy atom. The van der Waals surface area contributed by atoms with Gasteiger partial charge in [0, 0.05) is 48.5 Å². The van der Waals surface area contributed by atoms with Crippen molar-refractivity contribution >= 4 is 11.7 Å². The van der Waals surface area contributed by atoms with Crippen LogP contribution in [0.5, 0.6) is 0 Å². The molecule has 0 aliphatic heterocycles. The van der Waals surface area contributed by atoms with E-state index < -0.39 is 0 Å². The number of amides is 1. The summed E-state index contributed by atoms with van der Waals surface area (Å²) in [6, 6.07) is 3.72. The standard InChI is InChI=1S/C24H30N4O2/c1-24(2)13-19(27-22(30)8-7-16-5-3-4-6-21(16)29)18-15-26-23(28-20(18)14-24)17-9-11-25-12-10-17/h9-12,15-16,19H,3-8,13-14H2,1-2H3,(H,27,30). The van der Waals surface area contributed by atoms with E-state index in [-0.39, 0.29) is 23.3 Å². The summed E-state index contributed by atoms with van der Waals surface area (Å²) in [6.45, 7) is 4.42. The number of carbonyl (C=O) groups excluding carboxylic acids is 2. The smallest absolute Gasteiger partial charge is 0.220 e. The van der Waals surface area contributed by atoms with Crippen LogP contribution in [0.4, 0.5) is 0 Å². The van der Waals surface area contributed by atoms with Gasteiger partial charge < -0.3 is 5.32 Å². The van der Waals surface area contributed by atoms with E-state index in [4.69, 9.17) is 4.98 Å². The van der Waals surface area contributed by atoms with Crippen LogP contribution in [0.25, 0.3) is 11.4 Å². The Kier molecular flexibility index (Phi) is 5.93. The third-order valence-electron chi connectivity index (χ3n) is 6.35. The molecule has 1 N–H and O–H groups in total. The van der Waals surface area contributed by atoms with Gasteiger partial charge in [0.25, 0.3) is 0 Å². The first-order chi connectivity index (χ1) is 14.4. The third-order valence-corrected chi connectivity index (χ3v) is 6.35. The molecule has 6 heteroatoms. The molecule has 0 radical (unpaired) electrons. The van der Waals surface area contributed by atoms with Crippen molar-refractivity contribution in [2.24, 2.45) is 11.3 Å². The van der Waals surface area contributed by atoms with Gasteiger partial charge in [-0.1, -0.05) is 20.3 Å². The first kappa shape index (κ1) is 20.6. The van der Waals surface area contributed by atoms with E-state index >= 15 is 0 Å². The van der Waals surface area contributed by atoms with Crippen molar-refractivity contribution in [1.29, 1.82) is 0 Å². The number of carbonyl (C=O) groups is 2. The predicted octanol–water partition coefficient (Wildman–Crippen LogP) is 4.21. The number of ketones is 1. The maximum atomic E-state index is 12.7. The third kappa shape index (κ3) is 4.74. The Hall–Kier alpha value is -2.63. The van der Waals surface area contributed by atoms with Crippen LogP contribution in [-0.2, 0) is 16.0 Å². The van der Waals surface area contributed by atoms with Gasteiger partial charge in [-0.2, -0.15) is 0 Å².